The van der Waals surface area contributed by atoms with Gasteiger partial charge in [-0.15, -0.1) is 0 Å². The molecular weight excluding hydrogens is 350 g/mol. The molecule has 0 saturated carbocycles. The van der Waals surface area contributed by atoms with Crippen LogP contribution in [-0.2, 0) is 6.61 Å². The van der Waals surface area contributed by atoms with Crippen molar-refractivity contribution in [3.8, 4) is 16.9 Å². The van der Waals surface area contributed by atoms with Crippen LogP contribution < -0.4 is 10.2 Å². The number of halogens is 2. The Kier molecular flexibility index (Phi) is 4.42. The van der Waals surface area contributed by atoms with E-state index >= 15 is 0 Å². The van der Waals surface area contributed by atoms with Crippen LogP contribution in [0.15, 0.2) is 82.2 Å². The molecule has 3 aromatic carbocycles. The highest BCUT2D eigenvalue weighted by Crippen LogP contribution is 2.24. The van der Waals surface area contributed by atoms with Crippen molar-refractivity contribution >= 4 is 11.0 Å². The lowest BCUT2D eigenvalue weighted by Crippen LogP contribution is -2.05. The molecule has 0 N–H and O–H groups in total. The van der Waals surface area contributed by atoms with Gasteiger partial charge in [-0.3, -0.25) is 4.79 Å². The molecule has 0 fully saturated rings. The molecule has 0 spiro atoms. The van der Waals surface area contributed by atoms with Gasteiger partial charge in [0.15, 0.2) is 5.43 Å². The molecule has 0 aliphatic heterocycles. The van der Waals surface area contributed by atoms with Crippen molar-refractivity contribution < 1.29 is 17.9 Å². The van der Waals surface area contributed by atoms with Crippen LogP contribution in [0.1, 0.15) is 5.56 Å². The van der Waals surface area contributed by atoms with Crippen molar-refractivity contribution in [3.63, 3.8) is 0 Å². The summed E-state index contributed by atoms with van der Waals surface area (Å²) in [6.07, 6.45) is 1.40. The Balaban J connectivity index is 1.65. The summed E-state index contributed by atoms with van der Waals surface area (Å²) >= 11 is 0. The average Bonchev–Trinajstić information content (AvgIpc) is 2.68. The van der Waals surface area contributed by atoms with Crippen LogP contribution in [0.2, 0.25) is 0 Å². The molecule has 0 bridgehead atoms. The van der Waals surface area contributed by atoms with Gasteiger partial charge < -0.3 is 9.15 Å². The van der Waals surface area contributed by atoms with E-state index in [0.29, 0.717) is 22.3 Å². The van der Waals surface area contributed by atoms with Crippen molar-refractivity contribution in [3.05, 3.63) is 100 Å². The van der Waals surface area contributed by atoms with Gasteiger partial charge in [-0.2, -0.15) is 0 Å². The van der Waals surface area contributed by atoms with Gasteiger partial charge in [0.05, 0.1) is 16.5 Å². The summed E-state index contributed by atoms with van der Waals surface area (Å²) in [5.74, 6) is -0.995. The van der Waals surface area contributed by atoms with Crippen LogP contribution in [0.3, 0.4) is 0 Å². The minimum absolute atomic E-state index is 0.154. The molecule has 0 saturated heterocycles. The Morgan fingerprint density at radius 1 is 0.889 bits per heavy atom. The second-order valence-electron chi connectivity index (χ2n) is 5.99. The molecule has 1 aromatic heterocycles. The topological polar surface area (TPSA) is 39.4 Å². The Labute approximate surface area is 153 Å². The van der Waals surface area contributed by atoms with Crippen LogP contribution in [0, 0.1) is 11.6 Å². The number of hydrogen-bond acceptors (Lipinski definition) is 3. The Hall–Kier alpha value is -3.47. The molecule has 5 heteroatoms. The fourth-order valence-electron chi connectivity index (χ4n) is 2.84. The summed E-state index contributed by atoms with van der Waals surface area (Å²) in [6.45, 7) is -0.268. The fraction of sp³-hybridized carbons (Fsp3) is 0.0455. The fourth-order valence-corrected chi connectivity index (χ4v) is 2.84. The molecule has 4 aromatic rings. The molecule has 1 heterocycles. The second-order valence-corrected chi connectivity index (χ2v) is 5.99. The number of ether oxygens (including phenoxy) is 1. The van der Waals surface area contributed by atoms with Crippen LogP contribution in [0.4, 0.5) is 8.78 Å². The van der Waals surface area contributed by atoms with Gasteiger partial charge in [-0.1, -0.05) is 36.4 Å². The van der Waals surface area contributed by atoms with E-state index < -0.39 is 11.6 Å². The highest BCUT2D eigenvalue weighted by atomic mass is 19.1. The van der Waals surface area contributed by atoms with E-state index in [9.17, 15) is 13.6 Å². The van der Waals surface area contributed by atoms with E-state index in [4.69, 9.17) is 9.15 Å². The molecule has 4 rings (SSSR count). The highest BCUT2D eigenvalue weighted by Gasteiger charge is 2.12. The largest absolute Gasteiger partial charge is 0.489 e. The maximum absolute atomic E-state index is 13.7. The first-order chi connectivity index (χ1) is 13.1. The third-order valence-corrected chi connectivity index (χ3v) is 4.28. The minimum atomic E-state index is -0.671. The summed E-state index contributed by atoms with van der Waals surface area (Å²) in [6, 6.07) is 17.6. The van der Waals surface area contributed by atoms with Crippen molar-refractivity contribution in [1.29, 1.82) is 0 Å². The van der Waals surface area contributed by atoms with Crippen LogP contribution in [0.5, 0.6) is 5.75 Å². The van der Waals surface area contributed by atoms with Gasteiger partial charge in [-0.25, -0.2) is 8.78 Å². The smallest absolute Gasteiger partial charge is 0.200 e. The summed E-state index contributed by atoms with van der Waals surface area (Å²) in [5.41, 5.74) is 1.26. The predicted molar refractivity (Wildman–Crippen MR) is 98.6 cm³/mol. The molecular formula is C22H14F2O3. The second kappa shape index (κ2) is 7.03. The first-order valence-electron chi connectivity index (χ1n) is 8.30. The van der Waals surface area contributed by atoms with E-state index in [-0.39, 0.29) is 17.6 Å². The van der Waals surface area contributed by atoms with Gasteiger partial charge in [0.2, 0.25) is 0 Å². The number of benzene rings is 3. The van der Waals surface area contributed by atoms with E-state index in [1.54, 1.807) is 12.1 Å². The predicted octanol–water partition coefficient (Wildman–Crippen LogP) is 5.32. The molecule has 27 heavy (non-hydrogen) atoms. The van der Waals surface area contributed by atoms with E-state index in [2.05, 4.69) is 0 Å². The lowest BCUT2D eigenvalue weighted by atomic mass is 10.1. The minimum Gasteiger partial charge on any atom is -0.489 e. The summed E-state index contributed by atoms with van der Waals surface area (Å²) < 4.78 is 38.4. The van der Waals surface area contributed by atoms with Gasteiger partial charge in [0, 0.05) is 6.07 Å². The normalized spacial score (nSPS) is 10.9. The molecule has 0 amide bonds. The van der Waals surface area contributed by atoms with E-state index in [1.807, 2.05) is 30.3 Å². The van der Waals surface area contributed by atoms with Crippen molar-refractivity contribution in [2.75, 3.05) is 0 Å². The highest BCUT2D eigenvalue weighted by molar-refractivity contribution is 5.82. The van der Waals surface area contributed by atoms with Crippen molar-refractivity contribution in [2.45, 2.75) is 6.61 Å². The van der Waals surface area contributed by atoms with E-state index in [0.717, 1.165) is 5.56 Å². The van der Waals surface area contributed by atoms with Gasteiger partial charge >= 0.3 is 0 Å². The first-order valence-corrected chi connectivity index (χ1v) is 8.30. The lowest BCUT2D eigenvalue weighted by Gasteiger charge is -2.09. The summed E-state index contributed by atoms with van der Waals surface area (Å²) in [5, 5.41) is 0.403. The van der Waals surface area contributed by atoms with Crippen molar-refractivity contribution in [1.82, 2.24) is 0 Å². The third-order valence-electron chi connectivity index (χ3n) is 4.28. The summed E-state index contributed by atoms with van der Waals surface area (Å²) in [7, 11) is 0. The van der Waals surface area contributed by atoms with Gasteiger partial charge in [0.25, 0.3) is 0 Å². The molecule has 0 radical (unpaired) electrons. The Morgan fingerprint density at radius 2 is 1.63 bits per heavy atom. The zero-order valence-electron chi connectivity index (χ0n) is 14.1. The zero-order chi connectivity index (χ0) is 18.8. The quantitative estimate of drug-likeness (QED) is 0.492. The van der Waals surface area contributed by atoms with Crippen LogP contribution in [-0.4, -0.2) is 0 Å². The maximum Gasteiger partial charge on any atom is 0.200 e. The number of hydrogen-bond donors (Lipinski definition) is 0. The van der Waals surface area contributed by atoms with Crippen molar-refractivity contribution in [2.24, 2.45) is 0 Å². The lowest BCUT2D eigenvalue weighted by molar-refractivity contribution is 0.292. The number of rotatable bonds is 4. The summed E-state index contributed by atoms with van der Waals surface area (Å²) in [4.78, 5) is 12.7. The average molecular weight is 364 g/mol. The SMILES string of the molecule is O=c1c(-c2ccccc2)coc2cc(OCc3c(F)cccc3F)ccc12. The molecule has 0 aliphatic rings. The molecule has 0 unspecified atom stereocenters. The molecule has 0 aliphatic carbocycles. The molecule has 134 valence electrons. The van der Waals surface area contributed by atoms with Gasteiger partial charge in [0.1, 0.15) is 35.8 Å². The first kappa shape index (κ1) is 17.0. The maximum atomic E-state index is 13.7. The van der Waals surface area contributed by atoms with Gasteiger partial charge in [-0.05, 0) is 29.8 Å². The number of fused-ring (bicyclic) bond motifs is 1. The van der Waals surface area contributed by atoms with Crippen LogP contribution >= 0.6 is 0 Å². The molecule has 0 atom stereocenters. The zero-order valence-corrected chi connectivity index (χ0v) is 14.1. The van der Waals surface area contributed by atoms with E-state index in [1.165, 1.54) is 30.5 Å². The third kappa shape index (κ3) is 3.31. The monoisotopic (exact) mass is 364 g/mol. The Bertz CT molecular complexity index is 1150. The van der Waals surface area contributed by atoms with Crippen LogP contribution in [0.25, 0.3) is 22.1 Å². The Morgan fingerprint density at radius 3 is 2.37 bits per heavy atom. The molecule has 3 nitrogen and oxygen atoms in total. The standard InChI is InChI=1S/C22H14F2O3/c23-19-7-4-8-20(24)18(19)13-26-15-9-10-16-21(11-15)27-12-17(22(16)25)14-5-2-1-3-6-14/h1-12H,13H2.